The van der Waals surface area contributed by atoms with Crippen molar-refractivity contribution in [3.05, 3.63) is 113 Å². The summed E-state index contributed by atoms with van der Waals surface area (Å²) in [6.07, 6.45) is 0. The number of carbonyl (C=O) groups excluding carboxylic acids is 4. The lowest BCUT2D eigenvalue weighted by Gasteiger charge is -2.14. The number of imidazole rings is 1. The lowest BCUT2D eigenvalue weighted by atomic mass is 10.1. The number of nitrogens with zero attached hydrogens (tertiary/aromatic N) is 3. The second-order valence-electron chi connectivity index (χ2n) is 8.82. The van der Waals surface area contributed by atoms with Gasteiger partial charge in [0.25, 0.3) is 23.6 Å². The van der Waals surface area contributed by atoms with Crippen LogP contribution >= 0.6 is 0 Å². The van der Waals surface area contributed by atoms with Gasteiger partial charge < -0.3 is 4.98 Å². The number of benzene rings is 4. The monoisotopic (exact) mass is 484 g/mol. The van der Waals surface area contributed by atoms with E-state index >= 15 is 0 Å². The van der Waals surface area contributed by atoms with Crippen LogP contribution in [0.1, 0.15) is 41.4 Å². The Morgan fingerprint density at radius 1 is 0.541 bits per heavy atom. The topological polar surface area (TPSA) is 103 Å². The number of hydrogen-bond donors (Lipinski definition) is 1. The fraction of sp³-hybridized carbons (Fsp3) is 0. The van der Waals surface area contributed by atoms with Crippen molar-refractivity contribution in [2.45, 2.75) is 0 Å². The summed E-state index contributed by atoms with van der Waals surface area (Å²) in [7, 11) is 0. The molecule has 0 bridgehead atoms. The Hall–Kier alpha value is -5.37. The maximum absolute atomic E-state index is 12.9. The van der Waals surface area contributed by atoms with E-state index in [9.17, 15) is 19.2 Å². The maximum Gasteiger partial charge on any atom is 0.266 e. The number of amides is 4. The third kappa shape index (κ3) is 2.99. The number of rotatable bonds is 3. The van der Waals surface area contributed by atoms with Crippen LogP contribution in [0.2, 0.25) is 0 Å². The largest absolute Gasteiger partial charge is 0.338 e. The van der Waals surface area contributed by atoms with Crippen LogP contribution in [0, 0.1) is 0 Å². The Labute approximate surface area is 209 Å². The highest BCUT2D eigenvalue weighted by Crippen LogP contribution is 2.32. The Bertz CT molecular complexity index is 1750. The molecule has 0 spiro atoms. The molecule has 176 valence electrons. The summed E-state index contributed by atoms with van der Waals surface area (Å²) in [5.41, 5.74) is 4.54. The number of fused-ring (bicyclic) bond motifs is 3. The molecule has 0 radical (unpaired) electrons. The van der Waals surface area contributed by atoms with E-state index in [1.54, 1.807) is 91.0 Å². The van der Waals surface area contributed by atoms with Crippen LogP contribution in [-0.2, 0) is 0 Å². The summed E-state index contributed by atoms with van der Waals surface area (Å²) in [6.45, 7) is 0. The van der Waals surface area contributed by atoms with E-state index in [0.717, 1.165) is 16.0 Å². The van der Waals surface area contributed by atoms with Gasteiger partial charge in [0, 0.05) is 5.56 Å². The minimum Gasteiger partial charge on any atom is -0.338 e. The van der Waals surface area contributed by atoms with E-state index in [1.807, 2.05) is 0 Å². The number of aromatic nitrogens is 2. The van der Waals surface area contributed by atoms with Crippen LogP contribution in [0.25, 0.3) is 22.4 Å². The molecule has 0 atom stereocenters. The van der Waals surface area contributed by atoms with E-state index in [-0.39, 0.29) is 23.6 Å². The lowest BCUT2D eigenvalue weighted by Crippen LogP contribution is -2.29. The van der Waals surface area contributed by atoms with Gasteiger partial charge in [-0.3, -0.25) is 19.2 Å². The first-order valence-corrected chi connectivity index (χ1v) is 11.6. The summed E-state index contributed by atoms with van der Waals surface area (Å²) in [6, 6.07) is 25.7. The van der Waals surface area contributed by atoms with Crippen molar-refractivity contribution in [2.24, 2.45) is 0 Å². The van der Waals surface area contributed by atoms with E-state index in [0.29, 0.717) is 45.0 Å². The van der Waals surface area contributed by atoms with Gasteiger partial charge in [-0.15, -0.1) is 0 Å². The number of anilines is 2. The zero-order valence-corrected chi connectivity index (χ0v) is 19.1. The second-order valence-corrected chi connectivity index (χ2v) is 8.82. The van der Waals surface area contributed by atoms with Gasteiger partial charge in [-0.2, -0.15) is 0 Å². The molecule has 0 saturated heterocycles. The molecule has 7 rings (SSSR count). The first kappa shape index (κ1) is 21.0. The number of nitrogens with one attached hydrogen (secondary N) is 1. The van der Waals surface area contributed by atoms with Crippen LogP contribution in [0.5, 0.6) is 0 Å². The third-order valence-corrected chi connectivity index (χ3v) is 6.71. The van der Waals surface area contributed by atoms with Crippen LogP contribution < -0.4 is 9.80 Å². The van der Waals surface area contributed by atoms with E-state index in [1.165, 1.54) is 4.90 Å². The molecule has 0 unspecified atom stereocenters. The molecule has 4 amide bonds. The molecule has 1 aromatic heterocycles. The molecule has 3 heterocycles. The van der Waals surface area contributed by atoms with Crippen molar-refractivity contribution >= 4 is 46.0 Å². The average Bonchev–Trinajstić information content (AvgIpc) is 3.55. The van der Waals surface area contributed by atoms with Gasteiger partial charge in [0.1, 0.15) is 5.82 Å². The van der Waals surface area contributed by atoms with Crippen molar-refractivity contribution in [1.82, 2.24) is 9.97 Å². The summed E-state index contributed by atoms with van der Waals surface area (Å²) in [4.78, 5) is 61.5. The molecule has 4 aromatic carbocycles. The van der Waals surface area contributed by atoms with Crippen molar-refractivity contribution < 1.29 is 19.2 Å². The zero-order chi connectivity index (χ0) is 25.3. The van der Waals surface area contributed by atoms with Crippen LogP contribution in [0.15, 0.2) is 91.0 Å². The summed E-state index contributed by atoms with van der Waals surface area (Å²) < 4.78 is 0. The van der Waals surface area contributed by atoms with Crippen molar-refractivity contribution in [1.29, 1.82) is 0 Å². The van der Waals surface area contributed by atoms with Crippen molar-refractivity contribution in [3.63, 3.8) is 0 Å². The Balaban J connectivity index is 1.19. The minimum atomic E-state index is -0.362. The SMILES string of the molecule is O=C1c2ccccc2C(=O)N1c1ccc(-c2nc3cc(N4C(=O)c5ccccc5C4=O)ccc3[nH]2)cc1. The van der Waals surface area contributed by atoms with Gasteiger partial charge >= 0.3 is 0 Å². The lowest BCUT2D eigenvalue weighted by molar-refractivity contribution is 0.0910. The summed E-state index contributed by atoms with van der Waals surface area (Å²) >= 11 is 0. The molecule has 5 aromatic rings. The Morgan fingerprint density at radius 3 is 1.51 bits per heavy atom. The summed E-state index contributed by atoms with van der Waals surface area (Å²) in [5, 5.41) is 0. The smallest absolute Gasteiger partial charge is 0.266 e. The first-order chi connectivity index (χ1) is 18.0. The quantitative estimate of drug-likeness (QED) is 0.370. The van der Waals surface area contributed by atoms with Crippen LogP contribution in [0.3, 0.4) is 0 Å². The van der Waals surface area contributed by atoms with E-state index < -0.39 is 0 Å². The van der Waals surface area contributed by atoms with Gasteiger partial charge in [0.2, 0.25) is 0 Å². The number of carbonyl (C=O) groups is 4. The molecule has 37 heavy (non-hydrogen) atoms. The fourth-order valence-electron chi connectivity index (χ4n) is 4.89. The zero-order valence-electron chi connectivity index (χ0n) is 19.1. The minimum absolute atomic E-state index is 0.349. The normalized spacial score (nSPS) is 14.6. The highest BCUT2D eigenvalue weighted by Gasteiger charge is 2.37. The molecule has 0 aliphatic carbocycles. The number of imide groups is 2. The standard InChI is InChI=1S/C29H16N4O4/c34-26-19-5-1-2-6-20(19)27(35)32(26)17-11-9-16(10-12-17)25-30-23-14-13-18(15-24(23)31-25)33-28(36)21-7-3-4-8-22(21)29(33)37/h1-15H,(H,30,31). The van der Waals surface area contributed by atoms with Crippen molar-refractivity contribution in [2.75, 3.05) is 9.80 Å². The van der Waals surface area contributed by atoms with Gasteiger partial charge in [-0.05, 0) is 66.7 Å². The van der Waals surface area contributed by atoms with E-state index in [4.69, 9.17) is 0 Å². The molecule has 2 aliphatic heterocycles. The number of aromatic amines is 1. The number of hydrogen-bond acceptors (Lipinski definition) is 5. The molecule has 0 saturated carbocycles. The summed E-state index contributed by atoms with van der Waals surface area (Å²) in [5.74, 6) is -0.849. The van der Waals surface area contributed by atoms with Gasteiger partial charge in [0.05, 0.1) is 44.7 Å². The Kier molecular flexibility index (Phi) is 4.28. The molecule has 0 fully saturated rings. The van der Waals surface area contributed by atoms with Gasteiger partial charge in [-0.1, -0.05) is 24.3 Å². The van der Waals surface area contributed by atoms with Crippen molar-refractivity contribution in [3.8, 4) is 11.4 Å². The average molecular weight is 484 g/mol. The maximum atomic E-state index is 12.9. The highest BCUT2D eigenvalue weighted by molar-refractivity contribution is 6.35. The molecule has 8 heteroatoms. The molecular weight excluding hydrogens is 468 g/mol. The van der Waals surface area contributed by atoms with Gasteiger partial charge in [-0.25, -0.2) is 14.8 Å². The van der Waals surface area contributed by atoms with Gasteiger partial charge in [0.15, 0.2) is 0 Å². The van der Waals surface area contributed by atoms with E-state index in [2.05, 4.69) is 9.97 Å². The second kappa shape index (κ2) is 7.56. The van der Waals surface area contributed by atoms with Crippen LogP contribution in [0.4, 0.5) is 11.4 Å². The van der Waals surface area contributed by atoms with Crippen LogP contribution in [-0.4, -0.2) is 33.6 Å². The predicted molar refractivity (Wildman–Crippen MR) is 137 cm³/mol. The Morgan fingerprint density at radius 2 is 1.00 bits per heavy atom. The highest BCUT2D eigenvalue weighted by atomic mass is 16.2. The molecular formula is C29H16N4O4. The molecule has 8 nitrogen and oxygen atoms in total. The molecule has 2 aliphatic rings. The fourth-order valence-corrected chi connectivity index (χ4v) is 4.89. The first-order valence-electron chi connectivity index (χ1n) is 11.6. The molecule has 1 N–H and O–H groups in total. The third-order valence-electron chi connectivity index (χ3n) is 6.71. The predicted octanol–water partition coefficient (Wildman–Crippen LogP) is 4.83. The number of H-pyrrole nitrogens is 1.